The molecule has 1 fully saturated rings. The summed E-state index contributed by atoms with van der Waals surface area (Å²) >= 11 is 0. The monoisotopic (exact) mass is 480 g/mol. The quantitative estimate of drug-likeness (QED) is 0.537. The molecule has 2 N–H and O–H groups in total. The summed E-state index contributed by atoms with van der Waals surface area (Å²) in [7, 11) is 1.39. The SMILES string of the molecule is COC(=O)N1c2ccc3c(nc(CCn4cccn4)n3CC(=O)NCC3(O)CCC3)c2CC[C@@H]1C. The van der Waals surface area contributed by atoms with Gasteiger partial charge in [0.2, 0.25) is 5.91 Å². The van der Waals surface area contributed by atoms with Gasteiger partial charge in [0.05, 0.1) is 29.4 Å². The fraction of sp³-hybridized carbons (Fsp3) is 0.520. The van der Waals surface area contributed by atoms with Gasteiger partial charge in [-0.25, -0.2) is 9.78 Å². The minimum absolute atomic E-state index is 0.0249. The van der Waals surface area contributed by atoms with Gasteiger partial charge in [0.25, 0.3) is 0 Å². The van der Waals surface area contributed by atoms with Crippen LogP contribution < -0.4 is 10.2 Å². The number of hydrogen-bond donors (Lipinski definition) is 2. The number of imidazole rings is 1. The van der Waals surface area contributed by atoms with E-state index in [-0.39, 0.29) is 31.1 Å². The largest absolute Gasteiger partial charge is 0.452 e. The summed E-state index contributed by atoms with van der Waals surface area (Å²) in [5, 5.41) is 17.5. The van der Waals surface area contributed by atoms with Crippen LogP contribution in [0.2, 0.25) is 0 Å². The molecular weight excluding hydrogens is 448 g/mol. The third-order valence-corrected chi connectivity index (χ3v) is 7.29. The van der Waals surface area contributed by atoms with Crippen LogP contribution in [-0.2, 0) is 35.5 Å². The Bertz CT molecular complexity index is 1230. The average molecular weight is 481 g/mol. The molecule has 3 heterocycles. The van der Waals surface area contributed by atoms with Crippen LogP contribution >= 0.6 is 0 Å². The van der Waals surface area contributed by atoms with E-state index in [0.29, 0.717) is 13.0 Å². The lowest BCUT2D eigenvalue weighted by atomic mass is 9.80. The van der Waals surface area contributed by atoms with E-state index in [1.54, 1.807) is 11.1 Å². The maximum Gasteiger partial charge on any atom is 0.414 e. The molecule has 10 nitrogen and oxygen atoms in total. The topological polar surface area (TPSA) is 115 Å². The van der Waals surface area contributed by atoms with E-state index >= 15 is 0 Å². The van der Waals surface area contributed by atoms with Gasteiger partial charge in [-0.1, -0.05) is 0 Å². The molecule has 0 spiro atoms. The number of anilines is 1. The van der Waals surface area contributed by atoms with Crippen LogP contribution in [0, 0.1) is 0 Å². The fourth-order valence-corrected chi connectivity index (χ4v) is 5.09. The van der Waals surface area contributed by atoms with Crippen molar-refractivity contribution in [1.82, 2.24) is 24.6 Å². The van der Waals surface area contributed by atoms with Gasteiger partial charge in [-0.3, -0.25) is 14.4 Å². The lowest BCUT2D eigenvalue weighted by Gasteiger charge is -2.36. The van der Waals surface area contributed by atoms with E-state index in [4.69, 9.17) is 9.72 Å². The molecule has 1 aromatic carbocycles. The molecule has 0 unspecified atom stereocenters. The highest BCUT2D eigenvalue weighted by Crippen LogP contribution is 2.36. The van der Waals surface area contributed by atoms with Crippen LogP contribution in [0.1, 0.15) is 44.0 Å². The van der Waals surface area contributed by atoms with Crippen molar-refractivity contribution < 1.29 is 19.4 Å². The van der Waals surface area contributed by atoms with Gasteiger partial charge in [-0.05, 0) is 57.2 Å². The highest BCUT2D eigenvalue weighted by Gasteiger charge is 2.35. The molecule has 0 saturated heterocycles. The van der Waals surface area contributed by atoms with Crippen molar-refractivity contribution >= 4 is 28.7 Å². The molecule has 1 atom stereocenters. The van der Waals surface area contributed by atoms with E-state index in [2.05, 4.69) is 10.4 Å². The number of nitrogens with zero attached hydrogens (tertiary/aromatic N) is 5. The third kappa shape index (κ3) is 4.50. The molecule has 0 bridgehead atoms. The highest BCUT2D eigenvalue weighted by molar-refractivity contribution is 5.95. The second kappa shape index (κ2) is 9.33. The van der Waals surface area contributed by atoms with Crippen molar-refractivity contribution in [2.45, 2.75) is 70.2 Å². The van der Waals surface area contributed by atoms with Gasteiger partial charge >= 0.3 is 6.09 Å². The summed E-state index contributed by atoms with van der Waals surface area (Å²) < 4.78 is 8.82. The number of methoxy groups -OCH3 is 1. The first-order valence-corrected chi connectivity index (χ1v) is 12.2. The van der Waals surface area contributed by atoms with Crippen molar-refractivity contribution in [2.24, 2.45) is 0 Å². The van der Waals surface area contributed by atoms with Crippen molar-refractivity contribution in [2.75, 3.05) is 18.6 Å². The number of carbonyl (C=O) groups excluding carboxylic acids is 2. The predicted octanol–water partition coefficient (Wildman–Crippen LogP) is 2.41. The number of ether oxygens (including phenoxy) is 1. The molecule has 1 saturated carbocycles. The van der Waals surface area contributed by atoms with Gasteiger partial charge < -0.3 is 19.7 Å². The number of fused-ring (bicyclic) bond motifs is 3. The summed E-state index contributed by atoms with van der Waals surface area (Å²) in [4.78, 5) is 32.0. The summed E-state index contributed by atoms with van der Waals surface area (Å²) in [5.74, 6) is 0.622. The zero-order valence-corrected chi connectivity index (χ0v) is 20.2. The number of hydrogen-bond acceptors (Lipinski definition) is 6. The molecule has 3 aromatic rings. The zero-order valence-electron chi connectivity index (χ0n) is 20.2. The minimum Gasteiger partial charge on any atom is -0.452 e. The number of amides is 2. The number of nitrogens with one attached hydrogen (secondary N) is 1. The molecule has 186 valence electrons. The fourth-order valence-electron chi connectivity index (χ4n) is 5.09. The van der Waals surface area contributed by atoms with Gasteiger partial charge in [0.15, 0.2) is 0 Å². The number of aromatic nitrogens is 4. The molecule has 1 aliphatic carbocycles. The van der Waals surface area contributed by atoms with Crippen LogP contribution in [0.4, 0.5) is 10.5 Å². The summed E-state index contributed by atoms with van der Waals surface area (Å²) in [6.07, 6.45) is 7.87. The number of aliphatic hydroxyl groups is 1. The molecular formula is C25H32N6O4. The van der Waals surface area contributed by atoms with Crippen LogP contribution in [0.25, 0.3) is 11.0 Å². The number of aryl methyl sites for hydroxylation is 3. The standard InChI is InChI=1S/C25H32N6O4/c1-17-5-6-18-19(31(17)24(33)35-2)7-8-20-23(18)28-21(9-14-29-13-4-12-27-29)30(20)15-22(32)26-16-25(34)10-3-11-25/h4,7-8,12-13,17,34H,3,5-6,9-11,14-16H2,1-2H3,(H,26,32)/t17-/m0/s1. The van der Waals surface area contributed by atoms with Crippen LogP contribution in [0.3, 0.4) is 0 Å². The number of carbonyl (C=O) groups is 2. The van der Waals surface area contributed by atoms with E-state index in [9.17, 15) is 14.7 Å². The molecule has 0 radical (unpaired) electrons. The Balaban J connectivity index is 1.48. The average Bonchev–Trinajstić information content (AvgIpc) is 3.47. The van der Waals surface area contributed by atoms with Gasteiger partial charge in [-0.2, -0.15) is 5.10 Å². The first-order valence-electron chi connectivity index (χ1n) is 12.2. The summed E-state index contributed by atoms with van der Waals surface area (Å²) in [6, 6.07) is 5.76. The van der Waals surface area contributed by atoms with E-state index in [0.717, 1.165) is 60.2 Å². The molecule has 10 heteroatoms. The first-order chi connectivity index (χ1) is 16.9. The zero-order chi connectivity index (χ0) is 24.6. The number of rotatable bonds is 7. The maximum atomic E-state index is 12.9. The molecule has 1 aliphatic heterocycles. The van der Waals surface area contributed by atoms with Crippen LogP contribution in [-0.4, -0.2) is 61.7 Å². The molecule has 2 aromatic heterocycles. The maximum absolute atomic E-state index is 12.9. The molecule has 2 aliphatic rings. The Morgan fingerprint density at radius 3 is 2.83 bits per heavy atom. The molecule has 35 heavy (non-hydrogen) atoms. The minimum atomic E-state index is -0.775. The van der Waals surface area contributed by atoms with Gasteiger partial charge in [0.1, 0.15) is 12.4 Å². The highest BCUT2D eigenvalue weighted by atomic mass is 16.5. The Morgan fingerprint density at radius 2 is 2.14 bits per heavy atom. The summed E-state index contributed by atoms with van der Waals surface area (Å²) in [5.41, 5.74) is 2.69. The van der Waals surface area contributed by atoms with Gasteiger partial charge in [0, 0.05) is 43.5 Å². The first kappa shape index (κ1) is 23.3. The third-order valence-electron chi connectivity index (χ3n) is 7.29. The van der Waals surface area contributed by atoms with Gasteiger partial charge in [-0.15, -0.1) is 0 Å². The van der Waals surface area contributed by atoms with Crippen molar-refractivity contribution in [1.29, 1.82) is 0 Å². The number of benzene rings is 1. The lowest BCUT2D eigenvalue weighted by molar-refractivity contribution is -0.124. The second-order valence-corrected chi connectivity index (χ2v) is 9.65. The van der Waals surface area contributed by atoms with Crippen molar-refractivity contribution in [3.8, 4) is 0 Å². The second-order valence-electron chi connectivity index (χ2n) is 9.65. The smallest absolute Gasteiger partial charge is 0.414 e. The summed E-state index contributed by atoms with van der Waals surface area (Å²) in [6.45, 7) is 3.02. The molecule has 5 rings (SSSR count). The van der Waals surface area contributed by atoms with E-state index in [1.165, 1.54) is 7.11 Å². The normalized spacial score (nSPS) is 18.7. The van der Waals surface area contributed by atoms with E-state index in [1.807, 2.05) is 40.6 Å². The van der Waals surface area contributed by atoms with Crippen LogP contribution in [0.15, 0.2) is 30.6 Å². The Hall–Kier alpha value is -3.40. The van der Waals surface area contributed by atoms with Crippen molar-refractivity contribution in [3.63, 3.8) is 0 Å². The van der Waals surface area contributed by atoms with Crippen molar-refractivity contribution in [3.05, 3.63) is 42.0 Å². The predicted molar refractivity (Wildman–Crippen MR) is 130 cm³/mol. The lowest BCUT2D eigenvalue weighted by Crippen LogP contribution is -2.48. The molecule has 2 amide bonds. The Morgan fingerprint density at radius 1 is 1.31 bits per heavy atom. The van der Waals surface area contributed by atoms with Crippen LogP contribution in [0.5, 0.6) is 0 Å². The Labute approximate surface area is 203 Å². The van der Waals surface area contributed by atoms with E-state index < -0.39 is 5.60 Å². The Kier molecular flexibility index (Phi) is 6.22.